The third-order valence-corrected chi connectivity index (χ3v) is 8.45. The fourth-order valence-electron chi connectivity index (χ4n) is 5.43. The summed E-state index contributed by atoms with van der Waals surface area (Å²) < 4.78 is 31.1. The Labute approximate surface area is 245 Å². The highest BCUT2D eigenvalue weighted by Gasteiger charge is 2.52. The fraction of sp³-hybridized carbons (Fsp3) is 0.206. The summed E-state index contributed by atoms with van der Waals surface area (Å²) in [7, 11) is -3.60. The number of carbonyl (C=O) groups is 1. The number of carbonyl (C=O) groups excluding carboxylic acids is 1. The molecule has 0 saturated heterocycles. The SMILES string of the molecule is Cc1cccc(-c2cncc(Cc3c(C)noc3-c3ccc(-c4ccc(C5(C(=O)NS(C)(=O)=O)CC5)cc4)cc3)c2)c1. The lowest BCUT2D eigenvalue weighted by atomic mass is 9.92. The van der Waals surface area contributed by atoms with E-state index in [1.165, 1.54) is 5.56 Å². The van der Waals surface area contributed by atoms with Gasteiger partial charge in [0, 0.05) is 35.5 Å². The minimum absolute atomic E-state index is 0.460. The number of rotatable bonds is 8. The lowest BCUT2D eigenvalue weighted by molar-refractivity contribution is -0.121. The van der Waals surface area contributed by atoms with Crippen molar-refractivity contribution in [2.24, 2.45) is 0 Å². The molecule has 0 radical (unpaired) electrons. The van der Waals surface area contributed by atoms with Crippen LogP contribution >= 0.6 is 0 Å². The van der Waals surface area contributed by atoms with Gasteiger partial charge in [0.15, 0.2) is 5.76 Å². The van der Waals surface area contributed by atoms with Crippen LogP contribution in [0.4, 0.5) is 0 Å². The summed E-state index contributed by atoms with van der Waals surface area (Å²) >= 11 is 0. The number of aryl methyl sites for hydroxylation is 2. The maximum Gasteiger partial charge on any atom is 0.244 e. The van der Waals surface area contributed by atoms with Gasteiger partial charge in [-0.25, -0.2) is 8.42 Å². The van der Waals surface area contributed by atoms with E-state index in [1.807, 2.05) is 67.8 Å². The smallest absolute Gasteiger partial charge is 0.244 e. The van der Waals surface area contributed by atoms with Crippen molar-refractivity contribution in [1.82, 2.24) is 14.9 Å². The third kappa shape index (κ3) is 5.63. The quantitative estimate of drug-likeness (QED) is 0.229. The minimum atomic E-state index is -3.60. The maximum atomic E-state index is 12.6. The molecule has 8 heteroatoms. The van der Waals surface area contributed by atoms with Crippen molar-refractivity contribution in [3.8, 4) is 33.6 Å². The molecule has 0 unspecified atom stereocenters. The lowest BCUT2D eigenvalue weighted by Crippen LogP contribution is -2.38. The first-order chi connectivity index (χ1) is 20.1. The number of amides is 1. The first-order valence-corrected chi connectivity index (χ1v) is 15.7. The predicted molar refractivity (Wildman–Crippen MR) is 163 cm³/mol. The number of nitrogens with one attached hydrogen (secondary N) is 1. The zero-order valence-electron chi connectivity index (χ0n) is 23.7. The lowest BCUT2D eigenvalue weighted by Gasteiger charge is -2.15. The fourth-order valence-corrected chi connectivity index (χ4v) is 5.96. The molecular weight excluding hydrogens is 546 g/mol. The van der Waals surface area contributed by atoms with Crippen LogP contribution in [0.5, 0.6) is 0 Å². The molecule has 1 fully saturated rings. The molecule has 1 N–H and O–H groups in total. The third-order valence-electron chi connectivity index (χ3n) is 7.89. The van der Waals surface area contributed by atoms with Crippen LogP contribution in [-0.2, 0) is 26.7 Å². The molecular formula is C34H31N3O4S. The molecule has 1 amide bonds. The predicted octanol–water partition coefficient (Wildman–Crippen LogP) is 6.39. The van der Waals surface area contributed by atoms with Gasteiger partial charge in [0.1, 0.15) is 0 Å². The van der Waals surface area contributed by atoms with Crippen LogP contribution in [0.25, 0.3) is 33.6 Å². The summed E-state index contributed by atoms with van der Waals surface area (Å²) in [5.74, 6) is 0.279. The molecule has 1 saturated carbocycles. The first kappa shape index (κ1) is 27.6. The highest BCUT2D eigenvalue weighted by molar-refractivity contribution is 7.89. The van der Waals surface area contributed by atoms with Crippen molar-refractivity contribution >= 4 is 15.9 Å². The van der Waals surface area contributed by atoms with E-state index >= 15 is 0 Å². The van der Waals surface area contributed by atoms with E-state index in [9.17, 15) is 13.2 Å². The molecule has 212 valence electrons. The summed E-state index contributed by atoms with van der Waals surface area (Å²) in [4.78, 5) is 17.1. The Morgan fingerprint density at radius 2 is 1.52 bits per heavy atom. The average Bonchev–Trinajstić information content (AvgIpc) is 3.71. The normalized spacial score (nSPS) is 14.0. The molecule has 1 aliphatic rings. The van der Waals surface area contributed by atoms with Crippen LogP contribution in [0.1, 0.15) is 40.8 Å². The highest BCUT2D eigenvalue weighted by Crippen LogP contribution is 2.48. The van der Waals surface area contributed by atoms with Crippen LogP contribution in [-0.4, -0.2) is 30.7 Å². The van der Waals surface area contributed by atoms with Gasteiger partial charge in [-0.2, -0.15) is 0 Å². The van der Waals surface area contributed by atoms with Gasteiger partial charge >= 0.3 is 0 Å². The summed E-state index contributed by atoms with van der Waals surface area (Å²) in [5, 5.41) is 4.27. The molecule has 2 aromatic heterocycles. The molecule has 0 bridgehead atoms. The van der Waals surface area contributed by atoms with Crippen molar-refractivity contribution in [2.45, 2.75) is 38.5 Å². The average molecular weight is 578 g/mol. The highest BCUT2D eigenvalue weighted by atomic mass is 32.2. The van der Waals surface area contributed by atoms with Crippen molar-refractivity contribution in [2.75, 3.05) is 6.26 Å². The number of benzene rings is 3. The molecule has 0 atom stereocenters. The Morgan fingerprint density at radius 3 is 2.17 bits per heavy atom. The van der Waals surface area contributed by atoms with Gasteiger partial charge in [0.25, 0.3) is 0 Å². The summed E-state index contributed by atoms with van der Waals surface area (Å²) in [6.07, 6.45) is 6.69. The van der Waals surface area contributed by atoms with Crippen LogP contribution < -0.4 is 4.72 Å². The Hall–Kier alpha value is -4.56. The second kappa shape index (κ2) is 10.7. The number of hydrogen-bond acceptors (Lipinski definition) is 6. The van der Waals surface area contributed by atoms with Crippen molar-refractivity contribution in [3.05, 3.63) is 119 Å². The van der Waals surface area contributed by atoms with Gasteiger partial charge in [-0.05, 0) is 60.6 Å². The van der Waals surface area contributed by atoms with Gasteiger partial charge in [-0.3, -0.25) is 14.5 Å². The van der Waals surface area contributed by atoms with Crippen LogP contribution in [0.3, 0.4) is 0 Å². The summed E-state index contributed by atoms with van der Waals surface area (Å²) in [5.41, 5.74) is 9.38. The molecule has 7 nitrogen and oxygen atoms in total. The van der Waals surface area contributed by atoms with Gasteiger partial charge in [-0.1, -0.05) is 83.5 Å². The Balaban J connectivity index is 1.21. The van der Waals surface area contributed by atoms with E-state index in [-0.39, 0.29) is 0 Å². The number of nitrogens with zero attached hydrogens (tertiary/aromatic N) is 2. The molecule has 42 heavy (non-hydrogen) atoms. The van der Waals surface area contributed by atoms with Gasteiger partial charge in [0.05, 0.1) is 17.4 Å². The molecule has 0 aliphatic heterocycles. The molecule has 0 spiro atoms. The molecule has 3 aromatic carbocycles. The van der Waals surface area contributed by atoms with Crippen LogP contribution in [0.2, 0.25) is 0 Å². The standard InChI is InChI=1S/C34H31N3O4S/c1-22-5-4-6-28(17-22)29-18-24(20-35-21-29)19-31-23(2)36-41-32(31)27-9-7-25(8-10-27)26-11-13-30(14-12-26)34(15-16-34)33(38)37-42(3,39)40/h4-14,17-18,20-21H,15-16,19H2,1-3H3,(H,37,38). The van der Waals surface area contributed by atoms with Gasteiger partial charge in [-0.15, -0.1) is 0 Å². The second-order valence-electron chi connectivity index (χ2n) is 11.1. The van der Waals surface area contributed by atoms with E-state index in [4.69, 9.17) is 4.52 Å². The van der Waals surface area contributed by atoms with Gasteiger partial charge in [0.2, 0.25) is 15.9 Å². The van der Waals surface area contributed by atoms with Crippen LogP contribution in [0.15, 0.2) is 95.8 Å². The topological polar surface area (TPSA) is 102 Å². The number of hydrogen-bond donors (Lipinski definition) is 1. The summed E-state index contributed by atoms with van der Waals surface area (Å²) in [6, 6.07) is 26.4. The van der Waals surface area contributed by atoms with E-state index in [1.54, 1.807) is 0 Å². The largest absolute Gasteiger partial charge is 0.356 e. The van der Waals surface area contributed by atoms with Gasteiger partial charge < -0.3 is 4.52 Å². The Morgan fingerprint density at radius 1 is 0.857 bits per heavy atom. The zero-order chi connectivity index (χ0) is 29.5. The molecule has 2 heterocycles. The molecule has 5 aromatic rings. The first-order valence-electron chi connectivity index (χ1n) is 13.8. The maximum absolute atomic E-state index is 12.6. The van der Waals surface area contributed by atoms with Crippen molar-refractivity contribution in [3.63, 3.8) is 0 Å². The van der Waals surface area contributed by atoms with E-state index in [2.05, 4.69) is 52.1 Å². The number of pyridine rings is 1. The van der Waals surface area contributed by atoms with E-state index in [0.717, 1.165) is 62.2 Å². The Kier molecular flexibility index (Phi) is 7.02. The summed E-state index contributed by atoms with van der Waals surface area (Å²) in [6.45, 7) is 4.04. The Bertz CT molecular complexity index is 1890. The second-order valence-corrected chi connectivity index (χ2v) is 12.9. The van der Waals surface area contributed by atoms with E-state index in [0.29, 0.717) is 19.3 Å². The number of aromatic nitrogens is 2. The molecule has 6 rings (SSSR count). The number of sulfonamides is 1. The zero-order valence-corrected chi connectivity index (χ0v) is 24.5. The monoisotopic (exact) mass is 577 g/mol. The van der Waals surface area contributed by atoms with Crippen molar-refractivity contribution < 1.29 is 17.7 Å². The van der Waals surface area contributed by atoms with Crippen LogP contribution in [0, 0.1) is 13.8 Å². The van der Waals surface area contributed by atoms with Crippen molar-refractivity contribution in [1.29, 1.82) is 0 Å². The molecule has 1 aliphatic carbocycles. The van der Waals surface area contributed by atoms with E-state index < -0.39 is 21.3 Å². The minimum Gasteiger partial charge on any atom is -0.356 e.